The Hall–Kier alpha value is -1.84. The molecule has 0 radical (unpaired) electrons. The van der Waals surface area contributed by atoms with E-state index in [9.17, 15) is 4.79 Å². The maximum atomic E-state index is 10.8. The second kappa shape index (κ2) is 7.55. The predicted molar refractivity (Wildman–Crippen MR) is 59.5 cm³/mol. The minimum absolute atomic E-state index is 0.408. The highest BCUT2D eigenvalue weighted by Crippen LogP contribution is 1.99. The monoisotopic (exact) mass is 206 g/mol. The molecule has 15 heavy (non-hydrogen) atoms. The molecule has 80 valence electrons. The maximum Gasteiger partial charge on any atom is 0.249 e. The molecule has 0 N–H and O–H groups in total. The summed E-state index contributed by atoms with van der Waals surface area (Å²) < 4.78 is 0. The predicted octanol–water partition coefficient (Wildman–Crippen LogP) is 2.31. The van der Waals surface area contributed by atoms with Crippen molar-refractivity contribution in [2.75, 3.05) is 21.1 Å². The van der Waals surface area contributed by atoms with Crippen LogP contribution in [0.25, 0.3) is 10.4 Å². The lowest BCUT2D eigenvalue weighted by molar-refractivity contribution is 0.100. The minimum Gasteiger partial charge on any atom is -0.312 e. The molecule has 5 nitrogen and oxygen atoms in total. The number of hydrogen-bond donors (Lipinski definition) is 0. The van der Waals surface area contributed by atoms with Gasteiger partial charge >= 0.3 is 0 Å². The van der Waals surface area contributed by atoms with Crippen LogP contribution in [0.1, 0.15) is 10.4 Å². The van der Waals surface area contributed by atoms with Crippen LogP contribution in [0.3, 0.4) is 0 Å². The van der Waals surface area contributed by atoms with Gasteiger partial charge < -0.3 is 4.90 Å². The molecule has 1 aromatic carbocycles. The quantitative estimate of drug-likeness (QED) is 0.402. The van der Waals surface area contributed by atoms with Crippen LogP contribution < -0.4 is 0 Å². The van der Waals surface area contributed by atoms with E-state index in [1.807, 2.05) is 26.0 Å². The van der Waals surface area contributed by atoms with Gasteiger partial charge in [-0.2, -0.15) is 0 Å². The van der Waals surface area contributed by atoms with Crippen molar-refractivity contribution in [3.63, 3.8) is 0 Å². The van der Waals surface area contributed by atoms with Gasteiger partial charge in [-0.15, -0.1) is 0 Å². The van der Waals surface area contributed by atoms with Gasteiger partial charge in [0.1, 0.15) is 0 Å². The molecule has 0 heterocycles. The van der Waals surface area contributed by atoms with Gasteiger partial charge in [0, 0.05) is 10.5 Å². The summed E-state index contributed by atoms with van der Waals surface area (Å²) in [5.41, 5.74) is 8.34. The van der Waals surface area contributed by atoms with E-state index in [1.165, 1.54) is 0 Å². The zero-order valence-electron chi connectivity index (χ0n) is 9.08. The number of amides is 1. The van der Waals surface area contributed by atoms with E-state index in [-0.39, 0.29) is 0 Å². The van der Waals surface area contributed by atoms with Gasteiger partial charge in [-0.05, 0) is 31.8 Å². The Kier molecular flexibility index (Phi) is 6.63. The highest BCUT2D eigenvalue weighted by atomic mass is 16.1. The highest BCUT2D eigenvalue weighted by Gasteiger charge is 1.98. The van der Waals surface area contributed by atoms with Crippen molar-refractivity contribution >= 4 is 5.91 Å². The van der Waals surface area contributed by atoms with Crippen molar-refractivity contribution in [2.24, 2.45) is 5.11 Å². The van der Waals surface area contributed by atoms with Crippen LogP contribution in [0.15, 0.2) is 35.4 Å². The van der Waals surface area contributed by atoms with Gasteiger partial charge in [0.05, 0.1) is 0 Å². The zero-order valence-corrected chi connectivity index (χ0v) is 9.08. The van der Waals surface area contributed by atoms with Gasteiger partial charge in [0.15, 0.2) is 0 Å². The van der Waals surface area contributed by atoms with E-state index in [2.05, 4.69) is 10.0 Å². The normalized spacial score (nSPS) is 8.53. The van der Waals surface area contributed by atoms with Gasteiger partial charge in [-0.3, -0.25) is 4.79 Å². The second-order valence-electron chi connectivity index (χ2n) is 3.20. The lowest BCUT2D eigenvalue weighted by atomic mass is 10.2. The molecule has 1 rings (SSSR count). The van der Waals surface area contributed by atoms with Crippen LogP contribution in [0.4, 0.5) is 0 Å². The number of azide groups is 1. The summed E-state index contributed by atoms with van der Waals surface area (Å²) in [6, 6.07) is 8.39. The number of carbonyl (C=O) groups is 1. The van der Waals surface area contributed by atoms with Crippen molar-refractivity contribution in [2.45, 2.75) is 0 Å². The molecular weight excluding hydrogens is 192 g/mol. The van der Waals surface area contributed by atoms with Gasteiger partial charge in [0.2, 0.25) is 5.91 Å². The summed E-state index contributed by atoms with van der Waals surface area (Å²) in [7, 11) is 6.00. The van der Waals surface area contributed by atoms with Gasteiger partial charge in [0.25, 0.3) is 0 Å². The summed E-state index contributed by atoms with van der Waals surface area (Å²) in [5, 5.41) is 2.94. The third-order valence-electron chi connectivity index (χ3n) is 1.16. The smallest absolute Gasteiger partial charge is 0.249 e. The SMILES string of the molecule is CN(C)C.[N-]=[N+]=NC(=O)c1ccccc1. The molecule has 0 spiro atoms. The average Bonchev–Trinajstić information content (AvgIpc) is 2.19. The fraction of sp³-hybridized carbons (Fsp3) is 0.300. The first-order chi connectivity index (χ1) is 7.07. The van der Waals surface area contributed by atoms with Crippen LogP contribution in [-0.4, -0.2) is 32.0 Å². The molecule has 0 aliphatic carbocycles. The van der Waals surface area contributed by atoms with Crippen LogP contribution >= 0.6 is 0 Å². The first-order valence-corrected chi connectivity index (χ1v) is 4.33. The Bertz CT molecular complexity index is 339. The Morgan fingerprint density at radius 1 is 1.27 bits per heavy atom. The summed E-state index contributed by atoms with van der Waals surface area (Å²) in [6.45, 7) is 0. The molecule has 0 bridgehead atoms. The van der Waals surface area contributed by atoms with Crippen molar-refractivity contribution in [1.82, 2.24) is 4.90 Å². The molecule has 0 saturated carbocycles. The summed E-state index contributed by atoms with van der Waals surface area (Å²) in [4.78, 5) is 15.2. The Balaban J connectivity index is 0.000000423. The van der Waals surface area contributed by atoms with Crippen LogP contribution in [-0.2, 0) is 0 Å². The van der Waals surface area contributed by atoms with E-state index in [1.54, 1.807) is 30.3 Å². The molecule has 0 aliphatic rings. The average molecular weight is 206 g/mol. The van der Waals surface area contributed by atoms with Crippen molar-refractivity contribution in [1.29, 1.82) is 0 Å². The largest absolute Gasteiger partial charge is 0.312 e. The van der Waals surface area contributed by atoms with E-state index >= 15 is 0 Å². The number of nitrogens with zero attached hydrogens (tertiary/aromatic N) is 4. The molecule has 0 aliphatic heterocycles. The summed E-state index contributed by atoms with van der Waals surface area (Å²) >= 11 is 0. The van der Waals surface area contributed by atoms with E-state index < -0.39 is 5.91 Å². The molecule has 0 unspecified atom stereocenters. The molecule has 5 heteroatoms. The molecule has 1 aromatic rings. The second-order valence-corrected chi connectivity index (χ2v) is 3.20. The van der Waals surface area contributed by atoms with Crippen molar-refractivity contribution < 1.29 is 4.79 Å². The Morgan fingerprint density at radius 3 is 2.13 bits per heavy atom. The summed E-state index contributed by atoms with van der Waals surface area (Å²) in [5.74, 6) is -0.548. The standard InChI is InChI=1S/C7H5N3O.C3H9N/c8-10-9-7(11)6-4-2-1-3-5-6;1-4(2)3/h1-5H;1-3H3. The highest BCUT2D eigenvalue weighted by molar-refractivity contribution is 5.94. The molecular formula is C10H14N4O. The lowest BCUT2D eigenvalue weighted by Gasteiger charge is -1.90. The Morgan fingerprint density at radius 2 is 1.73 bits per heavy atom. The summed E-state index contributed by atoms with van der Waals surface area (Å²) in [6.07, 6.45) is 0. The van der Waals surface area contributed by atoms with Crippen molar-refractivity contribution in [3.8, 4) is 0 Å². The first-order valence-electron chi connectivity index (χ1n) is 4.33. The van der Waals surface area contributed by atoms with Crippen molar-refractivity contribution in [3.05, 3.63) is 46.3 Å². The zero-order chi connectivity index (χ0) is 11.7. The third-order valence-corrected chi connectivity index (χ3v) is 1.16. The lowest BCUT2D eigenvalue weighted by Crippen LogP contribution is -1.99. The molecule has 0 atom stereocenters. The minimum atomic E-state index is -0.548. The number of benzene rings is 1. The maximum absolute atomic E-state index is 10.8. The van der Waals surface area contributed by atoms with Crippen LogP contribution in [0, 0.1) is 0 Å². The molecule has 0 aromatic heterocycles. The molecule has 1 amide bonds. The fourth-order valence-corrected chi connectivity index (χ4v) is 0.679. The van der Waals surface area contributed by atoms with Gasteiger partial charge in [-0.25, -0.2) is 0 Å². The number of hydrogen-bond acceptors (Lipinski definition) is 2. The fourth-order valence-electron chi connectivity index (χ4n) is 0.679. The topological polar surface area (TPSA) is 69.1 Å². The number of carbonyl (C=O) groups excluding carboxylic acids is 1. The van der Waals surface area contributed by atoms with Crippen LogP contribution in [0.2, 0.25) is 0 Å². The number of rotatable bonds is 1. The van der Waals surface area contributed by atoms with E-state index in [4.69, 9.17) is 5.53 Å². The third kappa shape index (κ3) is 7.25. The molecule has 0 saturated heterocycles. The van der Waals surface area contributed by atoms with Gasteiger partial charge in [-0.1, -0.05) is 30.3 Å². The van der Waals surface area contributed by atoms with E-state index in [0.717, 1.165) is 0 Å². The van der Waals surface area contributed by atoms with Crippen LogP contribution in [0.5, 0.6) is 0 Å². The van der Waals surface area contributed by atoms with E-state index in [0.29, 0.717) is 5.56 Å². The molecule has 0 fully saturated rings. The first kappa shape index (κ1) is 13.2. The Labute approximate surface area is 89.0 Å².